The molecule has 0 aliphatic carbocycles. The third-order valence-electron chi connectivity index (χ3n) is 9.17. The number of fused-ring (bicyclic) bond motifs is 7. The van der Waals surface area contributed by atoms with Crippen LogP contribution in [0.3, 0.4) is 0 Å². The molecule has 1 aliphatic heterocycles. The monoisotopic (exact) mass is 608 g/mol. The summed E-state index contributed by atoms with van der Waals surface area (Å²) in [5.41, 5.74) is 8.50. The molecule has 0 spiro atoms. The summed E-state index contributed by atoms with van der Waals surface area (Å²) in [6.07, 6.45) is 0. The Morgan fingerprint density at radius 2 is 1.02 bits per heavy atom. The van der Waals surface area contributed by atoms with Gasteiger partial charge in [-0.3, -0.25) is 0 Å². The van der Waals surface area contributed by atoms with Crippen molar-refractivity contribution in [1.29, 1.82) is 0 Å². The van der Waals surface area contributed by atoms with Crippen LogP contribution in [0.25, 0.3) is 38.6 Å². The lowest BCUT2D eigenvalue weighted by Gasteiger charge is -2.25. The Labute approximate surface area is 268 Å². The number of benzene rings is 7. The maximum Gasteiger partial charge on any atom is 0.174 e. The van der Waals surface area contributed by atoms with E-state index >= 15 is 4.57 Å². The summed E-state index contributed by atoms with van der Waals surface area (Å²) in [4.78, 5) is 2.27. The maximum absolute atomic E-state index is 15.8. The normalized spacial score (nSPS) is 15.1. The average Bonchev–Trinajstić information content (AvgIpc) is 3.60. The Morgan fingerprint density at radius 3 is 1.72 bits per heavy atom. The zero-order chi connectivity index (χ0) is 30.7. The zero-order valence-electron chi connectivity index (χ0n) is 25.0. The van der Waals surface area contributed by atoms with E-state index in [-0.39, 0.29) is 0 Å². The Bertz CT molecular complexity index is 2390. The van der Waals surface area contributed by atoms with Crippen molar-refractivity contribution >= 4 is 61.9 Å². The van der Waals surface area contributed by atoms with Crippen molar-refractivity contribution in [1.82, 2.24) is 4.57 Å². The first-order valence-electron chi connectivity index (χ1n) is 15.6. The minimum atomic E-state index is -3.18. The summed E-state index contributed by atoms with van der Waals surface area (Å²) in [6.45, 7) is 0. The third-order valence-corrected chi connectivity index (χ3v) is 12.3. The summed E-state index contributed by atoms with van der Waals surface area (Å²) in [7, 11) is -3.18. The first kappa shape index (κ1) is 26.7. The fourth-order valence-electron chi connectivity index (χ4n) is 7.20. The molecule has 0 radical (unpaired) electrons. The van der Waals surface area contributed by atoms with Gasteiger partial charge in [0.05, 0.1) is 16.3 Å². The summed E-state index contributed by atoms with van der Waals surface area (Å²) in [5, 5.41) is 4.96. The Kier molecular flexibility index (Phi) is 6.09. The van der Waals surface area contributed by atoms with E-state index in [1.165, 1.54) is 0 Å². The Morgan fingerprint density at radius 1 is 0.457 bits per heavy atom. The minimum absolute atomic E-state index is 0.863. The number of nitrogens with zero attached hydrogens (tertiary/aromatic N) is 2. The van der Waals surface area contributed by atoms with E-state index in [1.54, 1.807) is 0 Å². The molecule has 0 amide bonds. The van der Waals surface area contributed by atoms with Gasteiger partial charge < -0.3 is 14.0 Å². The predicted octanol–water partition coefficient (Wildman–Crippen LogP) is 9.87. The van der Waals surface area contributed by atoms with Crippen molar-refractivity contribution in [3.05, 3.63) is 176 Å². The van der Waals surface area contributed by atoms with Crippen LogP contribution in [0.4, 0.5) is 17.1 Å². The molecule has 1 aromatic heterocycles. The van der Waals surface area contributed by atoms with Crippen LogP contribution >= 0.6 is 7.14 Å². The van der Waals surface area contributed by atoms with Crippen LogP contribution in [0, 0.1) is 0 Å². The molecule has 218 valence electrons. The largest absolute Gasteiger partial charge is 0.311 e. The van der Waals surface area contributed by atoms with Gasteiger partial charge in [-0.2, -0.15) is 0 Å². The average molecular weight is 609 g/mol. The van der Waals surface area contributed by atoms with E-state index in [2.05, 4.69) is 131 Å². The van der Waals surface area contributed by atoms with Crippen molar-refractivity contribution < 1.29 is 4.57 Å². The number of hydrogen-bond acceptors (Lipinski definition) is 2. The molecule has 0 fully saturated rings. The van der Waals surface area contributed by atoms with Gasteiger partial charge in [-0.1, -0.05) is 121 Å². The van der Waals surface area contributed by atoms with Crippen LogP contribution in [-0.4, -0.2) is 4.57 Å². The summed E-state index contributed by atoms with van der Waals surface area (Å²) in [6, 6.07) is 60.8. The summed E-state index contributed by atoms with van der Waals surface area (Å²) in [5.74, 6) is 0. The summed E-state index contributed by atoms with van der Waals surface area (Å²) < 4.78 is 18.1. The van der Waals surface area contributed by atoms with Crippen LogP contribution < -0.4 is 20.8 Å². The van der Waals surface area contributed by atoms with Gasteiger partial charge in [-0.05, 0) is 65.7 Å². The van der Waals surface area contributed by atoms with Gasteiger partial charge in [-0.25, -0.2) is 0 Å². The van der Waals surface area contributed by atoms with E-state index in [1.807, 2.05) is 54.6 Å². The number of aromatic nitrogens is 1. The van der Waals surface area contributed by atoms with Gasteiger partial charge in [0.25, 0.3) is 0 Å². The second-order valence-electron chi connectivity index (χ2n) is 11.7. The van der Waals surface area contributed by atoms with Crippen LogP contribution in [0.2, 0.25) is 0 Å². The van der Waals surface area contributed by atoms with Crippen LogP contribution in [-0.2, 0) is 4.57 Å². The molecule has 8 aromatic rings. The van der Waals surface area contributed by atoms with Gasteiger partial charge in [0.2, 0.25) is 0 Å². The van der Waals surface area contributed by atoms with Crippen LogP contribution in [0.15, 0.2) is 176 Å². The molecule has 3 nitrogen and oxygen atoms in total. The van der Waals surface area contributed by atoms with E-state index in [9.17, 15) is 0 Å². The zero-order valence-corrected chi connectivity index (χ0v) is 25.9. The number of rotatable bonds is 5. The molecule has 46 heavy (non-hydrogen) atoms. The molecule has 0 bridgehead atoms. The van der Waals surface area contributed by atoms with Crippen LogP contribution in [0.5, 0.6) is 0 Å². The highest BCUT2D eigenvalue weighted by molar-refractivity contribution is 7.86. The molecule has 0 saturated heterocycles. The topological polar surface area (TPSA) is 25.2 Å². The number of para-hydroxylation sites is 3. The highest BCUT2D eigenvalue weighted by Gasteiger charge is 2.42. The van der Waals surface area contributed by atoms with Gasteiger partial charge >= 0.3 is 0 Å². The summed E-state index contributed by atoms with van der Waals surface area (Å²) >= 11 is 0. The SMILES string of the molecule is O=P1(c2ccccc2)c2ccccc2-c2ccc3c4ccccc4n(-c4ccc(N(c5ccccc5)c5ccccc5)cc4)c3c21. The molecule has 2 heterocycles. The molecule has 1 aliphatic rings. The van der Waals surface area contributed by atoms with E-state index in [0.717, 1.165) is 71.6 Å². The van der Waals surface area contributed by atoms with Crippen molar-refractivity contribution in [3.63, 3.8) is 0 Å². The predicted molar refractivity (Wildman–Crippen MR) is 194 cm³/mol. The highest BCUT2D eigenvalue weighted by atomic mass is 31.2. The molecule has 4 heteroatoms. The molecular formula is C42H29N2OP. The number of hydrogen-bond donors (Lipinski definition) is 0. The molecule has 0 N–H and O–H groups in total. The van der Waals surface area contributed by atoms with Gasteiger partial charge in [0.1, 0.15) is 0 Å². The fourth-order valence-corrected chi connectivity index (χ4v) is 10.5. The quantitative estimate of drug-likeness (QED) is 0.182. The molecule has 1 unspecified atom stereocenters. The molecule has 0 saturated carbocycles. The highest BCUT2D eigenvalue weighted by Crippen LogP contribution is 2.55. The second-order valence-corrected chi connectivity index (χ2v) is 14.4. The van der Waals surface area contributed by atoms with Crippen LogP contribution in [0.1, 0.15) is 0 Å². The minimum Gasteiger partial charge on any atom is -0.311 e. The lowest BCUT2D eigenvalue weighted by Crippen LogP contribution is -2.22. The third kappa shape index (κ3) is 3.89. The number of anilines is 3. The lowest BCUT2D eigenvalue weighted by molar-refractivity contribution is 0.593. The first-order chi connectivity index (χ1) is 22.7. The fraction of sp³-hybridized carbons (Fsp3) is 0. The second kappa shape index (κ2) is 10.5. The standard InChI is InChI=1S/C42H29N2OP/c45-46(34-18-8-3-9-19-34)40-23-13-11-21-36(40)38-29-28-37-35-20-10-12-22-39(35)44(41(37)42(38)46)33-26-24-32(25-27-33)43(30-14-4-1-5-15-30)31-16-6-2-7-17-31/h1-29H. The molecular weight excluding hydrogens is 579 g/mol. The molecule has 9 rings (SSSR count). The maximum atomic E-state index is 15.8. The van der Waals surface area contributed by atoms with E-state index < -0.39 is 7.14 Å². The molecule has 1 atom stereocenters. The van der Waals surface area contributed by atoms with Crippen molar-refractivity contribution in [2.75, 3.05) is 4.90 Å². The smallest absolute Gasteiger partial charge is 0.174 e. The Balaban J connectivity index is 1.31. The van der Waals surface area contributed by atoms with Gasteiger partial charge in [-0.15, -0.1) is 0 Å². The molecule has 7 aromatic carbocycles. The van der Waals surface area contributed by atoms with Crippen molar-refractivity contribution in [2.45, 2.75) is 0 Å². The van der Waals surface area contributed by atoms with Gasteiger partial charge in [0.15, 0.2) is 7.14 Å². The van der Waals surface area contributed by atoms with Crippen molar-refractivity contribution in [3.8, 4) is 16.8 Å². The Hall–Kier alpha value is -5.63. The van der Waals surface area contributed by atoms with E-state index in [4.69, 9.17) is 0 Å². The lowest BCUT2D eigenvalue weighted by atomic mass is 10.0. The van der Waals surface area contributed by atoms with Gasteiger partial charge in [0, 0.05) is 44.1 Å². The van der Waals surface area contributed by atoms with E-state index in [0.29, 0.717) is 0 Å². The van der Waals surface area contributed by atoms with Crippen molar-refractivity contribution in [2.24, 2.45) is 0 Å². The first-order valence-corrected chi connectivity index (χ1v) is 17.3.